The van der Waals surface area contributed by atoms with Gasteiger partial charge in [-0.3, -0.25) is 0 Å². The van der Waals surface area contributed by atoms with Crippen molar-refractivity contribution in [2.75, 3.05) is 11.5 Å². The summed E-state index contributed by atoms with van der Waals surface area (Å²) >= 11 is 0. The van der Waals surface area contributed by atoms with Gasteiger partial charge in [0.1, 0.15) is 0 Å². The van der Waals surface area contributed by atoms with Crippen LogP contribution in [0, 0.1) is 0 Å². The van der Waals surface area contributed by atoms with Crippen molar-refractivity contribution in [2.45, 2.75) is 0 Å². The van der Waals surface area contributed by atoms with Crippen molar-refractivity contribution in [2.24, 2.45) is 0 Å². The van der Waals surface area contributed by atoms with Gasteiger partial charge in [-0.15, -0.1) is 0 Å². The van der Waals surface area contributed by atoms with Crippen LogP contribution in [-0.4, -0.2) is 26.9 Å². The maximum Gasteiger partial charge on any atom is 0.225 e. The molecular weight excluding hydrogens is 338 g/mol. The van der Waals surface area contributed by atoms with Gasteiger partial charge < -0.3 is 31.3 Å². The van der Waals surface area contributed by atoms with Gasteiger partial charge in [-0.1, -0.05) is 54.6 Å². The lowest BCUT2D eigenvalue weighted by molar-refractivity contribution is -0.259. The van der Waals surface area contributed by atoms with Crippen molar-refractivity contribution >= 4 is 23.8 Å². The van der Waals surface area contributed by atoms with Gasteiger partial charge in [-0.05, 0) is 0 Å². The van der Waals surface area contributed by atoms with Crippen LogP contribution in [0.25, 0.3) is 11.4 Å². The summed E-state index contributed by atoms with van der Waals surface area (Å²) in [5, 5.41) is 20.6. The molecule has 0 aliphatic rings. The van der Waals surface area contributed by atoms with Gasteiger partial charge in [0.05, 0.1) is 11.9 Å². The first-order chi connectivity index (χ1) is 12.4. The lowest BCUT2D eigenvalue weighted by atomic mass is 10.1. The number of aromatic nitrogens is 3. The van der Waals surface area contributed by atoms with Crippen molar-refractivity contribution in [1.82, 2.24) is 15.0 Å². The number of carbonyl (C=O) groups is 2. The number of nitrogen functional groups attached to an aromatic ring is 2. The first-order valence-electron chi connectivity index (χ1n) is 7.22. The Bertz CT molecular complexity index is 878. The highest BCUT2D eigenvalue weighted by atomic mass is 16.4. The fourth-order valence-electron chi connectivity index (χ4n) is 1.96. The molecule has 3 aromatic rings. The molecule has 0 aliphatic carbocycles. The maximum absolute atomic E-state index is 10.3. The first-order valence-corrected chi connectivity index (χ1v) is 7.22. The highest BCUT2D eigenvalue weighted by Crippen LogP contribution is 2.14. The van der Waals surface area contributed by atoms with Crippen LogP contribution >= 0.6 is 0 Å². The fraction of sp³-hybridized carbons (Fsp3) is 0. The Morgan fingerprint density at radius 1 is 0.692 bits per heavy atom. The van der Waals surface area contributed by atoms with Crippen LogP contribution in [0.1, 0.15) is 20.7 Å². The molecule has 0 bridgehead atoms. The number of carbonyl (C=O) groups excluding carboxylic acids is 2. The van der Waals surface area contributed by atoms with E-state index in [4.69, 9.17) is 11.5 Å². The third-order valence-corrected chi connectivity index (χ3v) is 3.07. The van der Waals surface area contributed by atoms with Crippen molar-refractivity contribution in [1.29, 1.82) is 0 Å². The Hall–Kier alpha value is -4.01. The Kier molecular flexibility index (Phi) is 5.78. The molecule has 0 unspecified atom stereocenters. The van der Waals surface area contributed by atoms with Gasteiger partial charge in [0.2, 0.25) is 11.9 Å². The number of carboxylic acid groups (broad SMARTS) is 2. The van der Waals surface area contributed by atoms with Crippen LogP contribution in [0.15, 0.2) is 54.6 Å². The van der Waals surface area contributed by atoms with E-state index < -0.39 is 11.9 Å². The summed E-state index contributed by atoms with van der Waals surface area (Å²) in [7, 11) is 0. The summed E-state index contributed by atoms with van der Waals surface area (Å²) in [6.45, 7) is 0. The lowest BCUT2D eigenvalue weighted by Crippen LogP contribution is -2.29. The standard InChI is InChI=1S/C9H9N5.C8H6O4/c10-8-12-7(13-9(11)14-8)6-4-2-1-3-5-6;9-7(10)5-3-1-2-4-6(5)8(11)12/h1-5H,(H4,10,11,12,13,14);1-4H,(H,9,10)(H,11,12)/p-2. The van der Waals surface area contributed by atoms with E-state index in [1.165, 1.54) is 12.1 Å². The van der Waals surface area contributed by atoms with Crippen molar-refractivity contribution in [3.8, 4) is 11.4 Å². The minimum atomic E-state index is -1.52. The molecule has 2 aromatic carbocycles. The number of carboxylic acids is 2. The zero-order chi connectivity index (χ0) is 19.1. The Balaban J connectivity index is 0.000000190. The van der Waals surface area contributed by atoms with E-state index in [9.17, 15) is 19.8 Å². The number of hydrogen-bond donors (Lipinski definition) is 2. The summed E-state index contributed by atoms with van der Waals surface area (Å²) in [5.74, 6) is -2.27. The average molecular weight is 351 g/mol. The first kappa shape index (κ1) is 18.3. The van der Waals surface area contributed by atoms with Gasteiger partial charge in [0.15, 0.2) is 5.82 Å². The summed E-state index contributed by atoms with van der Waals surface area (Å²) in [5.41, 5.74) is 11.1. The van der Waals surface area contributed by atoms with Gasteiger partial charge in [0.25, 0.3) is 0 Å². The van der Waals surface area contributed by atoms with Gasteiger partial charge in [-0.25, -0.2) is 0 Å². The third kappa shape index (κ3) is 4.74. The van der Waals surface area contributed by atoms with Gasteiger partial charge in [-0.2, -0.15) is 15.0 Å². The van der Waals surface area contributed by atoms with E-state index in [0.29, 0.717) is 5.82 Å². The number of nitrogens with zero attached hydrogens (tertiary/aromatic N) is 3. The molecule has 0 radical (unpaired) electrons. The highest BCUT2D eigenvalue weighted by molar-refractivity contribution is 5.99. The number of nitrogens with two attached hydrogens (primary N) is 2. The predicted molar refractivity (Wildman–Crippen MR) is 89.2 cm³/mol. The van der Waals surface area contributed by atoms with Crippen LogP contribution in [0.5, 0.6) is 0 Å². The normalized spacial score (nSPS) is 9.69. The van der Waals surface area contributed by atoms with E-state index in [2.05, 4.69) is 15.0 Å². The molecule has 1 heterocycles. The molecule has 0 spiro atoms. The molecule has 0 saturated carbocycles. The monoisotopic (exact) mass is 351 g/mol. The molecule has 0 amide bonds. The Morgan fingerprint density at radius 2 is 1.12 bits per heavy atom. The lowest BCUT2D eigenvalue weighted by Gasteiger charge is -2.09. The van der Waals surface area contributed by atoms with E-state index >= 15 is 0 Å². The van der Waals surface area contributed by atoms with E-state index in [1.54, 1.807) is 0 Å². The quantitative estimate of drug-likeness (QED) is 0.607. The molecule has 0 atom stereocenters. The average Bonchev–Trinajstić information content (AvgIpc) is 2.62. The summed E-state index contributed by atoms with van der Waals surface area (Å²) < 4.78 is 0. The SMILES string of the molecule is Nc1nc(N)nc(-c2ccccc2)n1.O=C([O-])c1ccccc1C(=O)[O-]. The number of anilines is 2. The predicted octanol–water partition coefficient (Wildman–Crippen LogP) is -0.883. The van der Waals surface area contributed by atoms with Crippen LogP contribution in [-0.2, 0) is 0 Å². The molecule has 9 heteroatoms. The molecule has 3 rings (SSSR count). The summed E-state index contributed by atoms with van der Waals surface area (Å²) in [6, 6.07) is 14.6. The molecule has 1 aromatic heterocycles. The molecule has 0 fully saturated rings. The van der Waals surface area contributed by atoms with E-state index in [1.807, 2.05) is 30.3 Å². The zero-order valence-electron chi connectivity index (χ0n) is 13.3. The maximum atomic E-state index is 10.3. The summed E-state index contributed by atoms with van der Waals surface area (Å²) in [6.07, 6.45) is 0. The second kappa shape index (κ2) is 8.20. The van der Waals surface area contributed by atoms with Crippen LogP contribution in [0.3, 0.4) is 0 Å². The minimum Gasteiger partial charge on any atom is -0.545 e. The second-order valence-electron chi connectivity index (χ2n) is 4.86. The fourth-order valence-corrected chi connectivity index (χ4v) is 1.96. The third-order valence-electron chi connectivity index (χ3n) is 3.07. The zero-order valence-corrected chi connectivity index (χ0v) is 13.3. The number of benzene rings is 2. The van der Waals surface area contributed by atoms with Crippen LogP contribution in [0.2, 0.25) is 0 Å². The highest BCUT2D eigenvalue weighted by Gasteiger charge is 2.03. The molecular formula is C17H13N5O4-2. The van der Waals surface area contributed by atoms with Gasteiger partial charge >= 0.3 is 0 Å². The Labute approximate surface area is 148 Å². The topological polar surface area (TPSA) is 171 Å². The van der Waals surface area contributed by atoms with Crippen molar-refractivity contribution < 1.29 is 19.8 Å². The van der Waals surface area contributed by atoms with Crippen LogP contribution < -0.4 is 21.7 Å². The largest absolute Gasteiger partial charge is 0.545 e. The number of aromatic carboxylic acids is 2. The second-order valence-corrected chi connectivity index (χ2v) is 4.86. The molecule has 9 nitrogen and oxygen atoms in total. The van der Waals surface area contributed by atoms with Crippen LogP contribution in [0.4, 0.5) is 11.9 Å². The molecule has 4 N–H and O–H groups in total. The van der Waals surface area contributed by atoms with E-state index in [-0.39, 0.29) is 23.0 Å². The molecule has 0 saturated heterocycles. The molecule has 132 valence electrons. The van der Waals surface area contributed by atoms with E-state index in [0.717, 1.165) is 17.7 Å². The summed E-state index contributed by atoms with van der Waals surface area (Å²) in [4.78, 5) is 32.3. The Morgan fingerprint density at radius 3 is 1.54 bits per heavy atom. The van der Waals surface area contributed by atoms with Crippen molar-refractivity contribution in [3.05, 3.63) is 65.7 Å². The number of rotatable bonds is 3. The number of hydrogen-bond acceptors (Lipinski definition) is 9. The molecule has 0 aliphatic heterocycles. The minimum absolute atomic E-state index is 0.136. The molecule has 26 heavy (non-hydrogen) atoms. The van der Waals surface area contributed by atoms with Crippen molar-refractivity contribution in [3.63, 3.8) is 0 Å². The smallest absolute Gasteiger partial charge is 0.225 e. The van der Waals surface area contributed by atoms with Gasteiger partial charge in [0, 0.05) is 16.7 Å².